The second-order valence-corrected chi connectivity index (χ2v) is 3.16. The maximum atomic E-state index is 11.4. The summed E-state index contributed by atoms with van der Waals surface area (Å²) in [5.74, 6) is -0.266. The molecule has 1 aromatic rings. The third-order valence-corrected chi connectivity index (χ3v) is 2.10. The number of nitrogens with one attached hydrogen (secondary N) is 1. The number of aryl methyl sites for hydroxylation is 1. The van der Waals surface area contributed by atoms with Crippen LogP contribution in [0.25, 0.3) is 0 Å². The van der Waals surface area contributed by atoms with E-state index in [4.69, 9.17) is 4.74 Å². The molecule has 1 rings (SSSR count). The lowest BCUT2D eigenvalue weighted by Gasteiger charge is -2.14. The van der Waals surface area contributed by atoms with Gasteiger partial charge in [0.15, 0.2) is 0 Å². The van der Waals surface area contributed by atoms with Crippen LogP contribution in [0.1, 0.15) is 17.2 Å². The lowest BCUT2D eigenvalue weighted by atomic mass is 10.0. The molecule has 1 aromatic carbocycles. The highest BCUT2D eigenvalue weighted by molar-refractivity contribution is 5.77. The van der Waals surface area contributed by atoms with Gasteiger partial charge < -0.3 is 10.1 Å². The summed E-state index contributed by atoms with van der Waals surface area (Å²) in [5, 5.41) is 2.92. The Kier molecular flexibility index (Phi) is 3.65. The minimum Gasteiger partial charge on any atom is -0.468 e. The fourth-order valence-electron chi connectivity index (χ4n) is 1.39. The van der Waals surface area contributed by atoms with Crippen molar-refractivity contribution in [2.24, 2.45) is 0 Å². The number of methoxy groups -OCH3 is 1. The molecule has 0 amide bonds. The van der Waals surface area contributed by atoms with Crippen molar-refractivity contribution in [1.82, 2.24) is 5.32 Å². The summed E-state index contributed by atoms with van der Waals surface area (Å²) >= 11 is 0. The molecule has 0 aliphatic carbocycles. The van der Waals surface area contributed by atoms with Crippen LogP contribution in [0.4, 0.5) is 0 Å². The molecule has 0 saturated carbocycles. The molecule has 1 unspecified atom stereocenters. The van der Waals surface area contributed by atoms with Gasteiger partial charge in [-0.05, 0) is 19.5 Å². The first-order valence-corrected chi connectivity index (χ1v) is 4.50. The van der Waals surface area contributed by atoms with Crippen LogP contribution in [0.15, 0.2) is 24.3 Å². The van der Waals surface area contributed by atoms with E-state index in [2.05, 4.69) is 5.32 Å². The summed E-state index contributed by atoms with van der Waals surface area (Å²) in [6.07, 6.45) is 0. The van der Waals surface area contributed by atoms with Crippen LogP contribution in [-0.4, -0.2) is 20.1 Å². The Balaban J connectivity index is 2.94. The van der Waals surface area contributed by atoms with Gasteiger partial charge in [-0.15, -0.1) is 0 Å². The van der Waals surface area contributed by atoms with E-state index in [1.54, 1.807) is 7.05 Å². The van der Waals surface area contributed by atoms with Crippen molar-refractivity contribution < 1.29 is 9.53 Å². The van der Waals surface area contributed by atoms with E-state index in [1.165, 1.54) is 7.11 Å². The number of carbonyl (C=O) groups is 1. The fourth-order valence-corrected chi connectivity index (χ4v) is 1.39. The van der Waals surface area contributed by atoms with E-state index in [1.807, 2.05) is 31.2 Å². The number of hydrogen-bond donors (Lipinski definition) is 1. The molecule has 1 N–H and O–H groups in total. The molecule has 0 fully saturated rings. The van der Waals surface area contributed by atoms with Crippen molar-refractivity contribution in [1.29, 1.82) is 0 Å². The number of hydrogen-bond acceptors (Lipinski definition) is 3. The van der Waals surface area contributed by atoms with Gasteiger partial charge in [0.1, 0.15) is 6.04 Å². The number of ether oxygens (including phenoxy) is 1. The standard InChI is InChI=1S/C11H15NO2/c1-8-5-4-6-9(7-8)10(12-2)11(13)14-3/h4-7,10,12H,1-3H3. The van der Waals surface area contributed by atoms with Gasteiger partial charge in [-0.25, -0.2) is 4.79 Å². The Morgan fingerprint density at radius 3 is 2.71 bits per heavy atom. The van der Waals surface area contributed by atoms with Gasteiger partial charge in [0.25, 0.3) is 0 Å². The van der Waals surface area contributed by atoms with Crippen molar-refractivity contribution >= 4 is 5.97 Å². The average molecular weight is 193 g/mol. The normalized spacial score (nSPS) is 12.2. The van der Waals surface area contributed by atoms with E-state index in [9.17, 15) is 4.79 Å². The molecule has 0 bridgehead atoms. The molecule has 0 radical (unpaired) electrons. The maximum Gasteiger partial charge on any atom is 0.327 e. The Morgan fingerprint density at radius 2 is 2.21 bits per heavy atom. The number of carbonyl (C=O) groups excluding carboxylic acids is 1. The van der Waals surface area contributed by atoms with Gasteiger partial charge in [0.05, 0.1) is 7.11 Å². The first-order valence-electron chi connectivity index (χ1n) is 4.50. The zero-order valence-corrected chi connectivity index (χ0v) is 8.70. The number of esters is 1. The zero-order valence-electron chi connectivity index (χ0n) is 8.70. The van der Waals surface area contributed by atoms with Gasteiger partial charge in [-0.2, -0.15) is 0 Å². The van der Waals surface area contributed by atoms with Gasteiger partial charge in [0, 0.05) is 0 Å². The van der Waals surface area contributed by atoms with Crippen molar-refractivity contribution in [2.75, 3.05) is 14.2 Å². The lowest BCUT2D eigenvalue weighted by molar-refractivity contribution is -0.143. The van der Waals surface area contributed by atoms with Crippen LogP contribution < -0.4 is 5.32 Å². The Morgan fingerprint density at radius 1 is 1.50 bits per heavy atom. The molecule has 3 heteroatoms. The van der Waals surface area contributed by atoms with Gasteiger partial charge in [-0.1, -0.05) is 29.8 Å². The van der Waals surface area contributed by atoms with E-state index >= 15 is 0 Å². The van der Waals surface area contributed by atoms with Gasteiger partial charge >= 0.3 is 5.97 Å². The minimum absolute atomic E-state index is 0.266. The Labute approximate surface area is 84.1 Å². The molecule has 0 saturated heterocycles. The molecular weight excluding hydrogens is 178 g/mol. The Bertz CT molecular complexity index is 323. The molecular formula is C11H15NO2. The molecule has 0 spiro atoms. The molecule has 76 valence electrons. The van der Waals surface area contributed by atoms with Crippen molar-refractivity contribution in [3.63, 3.8) is 0 Å². The highest BCUT2D eigenvalue weighted by Gasteiger charge is 2.18. The van der Waals surface area contributed by atoms with E-state index in [0.717, 1.165) is 11.1 Å². The molecule has 0 heterocycles. The SMILES string of the molecule is CNC(C(=O)OC)c1cccc(C)c1. The predicted molar refractivity (Wildman–Crippen MR) is 55.0 cm³/mol. The molecule has 0 aromatic heterocycles. The highest BCUT2D eigenvalue weighted by Crippen LogP contribution is 2.15. The second kappa shape index (κ2) is 4.77. The first-order chi connectivity index (χ1) is 6.69. The zero-order chi connectivity index (χ0) is 10.6. The monoisotopic (exact) mass is 193 g/mol. The van der Waals surface area contributed by atoms with Crippen LogP contribution in [0, 0.1) is 6.92 Å². The summed E-state index contributed by atoms with van der Waals surface area (Å²) in [6, 6.07) is 7.43. The fraction of sp³-hybridized carbons (Fsp3) is 0.364. The predicted octanol–water partition coefficient (Wildman–Crippen LogP) is 1.43. The minimum atomic E-state index is -0.375. The summed E-state index contributed by atoms with van der Waals surface area (Å²) in [7, 11) is 3.13. The number of benzene rings is 1. The summed E-state index contributed by atoms with van der Waals surface area (Å²) in [4.78, 5) is 11.4. The van der Waals surface area contributed by atoms with Crippen LogP contribution in [0.3, 0.4) is 0 Å². The number of rotatable bonds is 3. The lowest BCUT2D eigenvalue weighted by Crippen LogP contribution is -2.26. The van der Waals surface area contributed by atoms with Crippen LogP contribution >= 0.6 is 0 Å². The largest absolute Gasteiger partial charge is 0.468 e. The van der Waals surface area contributed by atoms with Crippen LogP contribution in [0.2, 0.25) is 0 Å². The van der Waals surface area contributed by atoms with Crippen LogP contribution in [0.5, 0.6) is 0 Å². The van der Waals surface area contributed by atoms with Crippen LogP contribution in [-0.2, 0) is 9.53 Å². The topological polar surface area (TPSA) is 38.3 Å². The molecule has 0 aliphatic heterocycles. The van der Waals surface area contributed by atoms with E-state index in [0.29, 0.717) is 0 Å². The average Bonchev–Trinajstić information content (AvgIpc) is 2.19. The summed E-state index contributed by atoms with van der Waals surface area (Å²) in [5.41, 5.74) is 2.06. The molecule has 0 aliphatic rings. The molecule has 1 atom stereocenters. The number of likely N-dealkylation sites (N-methyl/N-ethyl adjacent to an activating group) is 1. The van der Waals surface area contributed by atoms with E-state index < -0.39 is 0 Å². The molecule has 3 nitrogen and oxygen atoms in total. The smallest absolute Gasteiger partial charge is 0.327 e. The Hall–Kier alpha value is -1.35. The van der Waals surface area contributed by atoms with Gasteiger partial charge in [0.2, 0.25) is 0 Å². The van der Waals surface area contributed by atoms with Crippen molar-refractivity contribution in [2.45, 2.75) is 13.0 Å². The summed E-state index contributed by atoms with van der Waals surface area (Å²) < 4.78 is 4.70. The first kappa shape index (κ1) is 10.7. The quantitative estimate of drug-likeness (QED) is 0.738. The highest BCUT2D eigenvalue weighted by atomic mass is 16.5. The second-order valence-electron chi connectivity index (χ2n) is 3.16. The third-order valence-electron chi connectivity index (χ3n) is 2.10. The van der Waals surface area contributed by atoms with Gasteiger partial charge in [-0.3, -0.25) is 0 Å². The maximum absolute atomic E-state index is 11.4. The summed E-state index contributed by atoms with van der Waals surface area (Å²) in [6.45, 7) is 1.99. The third kappa shape index (κ3) is 2.33. The van der Waals surface area contributed by atoms with Crippen molar-refractivity contribution in [3.05, 3.63) is 35.4 Å². The van der Waals surface area contributed by atoms with Crippen molar-refractivity contribution in [3.8, 4) is 0 Å². The van der Waals surface area contributed by atoms with E-state index in [-0.39, 0.29) is 12.0 Å². The molecule has 14 heavy (non-hydrogen) atoms.